The van der Waals surface area contributed by atoms with Crippen molar-refractivity contribution in [2.24, 2.45) is 0 Å². The Balaban J connectivity index is 1.58. The second-order valence-corrected chi connectivity index (χ2v) is 9.19. The molecule has 1 aromatic heterocycles. The molecular formula is C29H28ClN3O4. The van der Waals surface area contributed by atoms with E-state index < -0.39 is 11.9 Å². The van der Waals surface area contributed by atoms with E-state index in [4.69, 9.17) is 16.3 Å². The highest BCUT2D eigenvalue weighted by molar-refractivity contribution is 6.30. The summed E-state index contributed by atoms with van der Waals surface area (Å²) in [6.07, 6.45) is 3.46. The van der Waals surface area contributed by atoms with E-state index in [1.165, 1.54) is 0 Å². The molecule has 7 nitrogen and oxygen atoms in total. The van der Waals surface area contributed by atoms with E-state index in [1.54, 1.807) is 67.5 Å². The molecule has 0 bridgehead atoms. The van der Waals surface area contributed by atoms with Gasteiger partial charge in [0.2, 0.25) is 5.91 Å². The van der Waals surface area contributed by atoms with Gasteiger partial charge in [-0.1, -0.05) is 35.9 Å². The Hall–Kier alpha value is -3.97. The van der Waals surface area contributed by atoms with Crippen LogP contribution in [0.2, 0.25) is 5.02 Å². The van der Waals surface area contributed by atoms with Crippen LogP contribution in [0.25, 0.3) is 0 Å². The number of esters is 1. The lowest BCUT2D eigenvalue weighted by Gasteiger charge is -2.34. The van der Waals surface area contributed by atoms with Crippen molar-refractivity contribution < 1.29 is 19.1 Å². The van der Waals surface area contributed by atoms with Crippen molar-refractivity contribution in [3.8, 4) is 0 Å². The quantitative estimate of drug-likeness (QED) is 0.424. The van der Waals surface area contributed by atoms with E-state index in [-0.39, 0.29) is 31.4 Å². The van der Waals surface area contributed by atoms with Crippen molar-refractivity contribution >= 4 is 29.4 Å². The fraction of sp³-hybridized carbons (Fsp3) is 0.241. The number of carbonyl (C=O) groups is 3. The van der Waals surface area contributed by atoms with Gasteiger partial charge in [0.05, 0.1) is 18.7 Å². The first kappa shape index (κ1) is 26.1. The molecule has 4 rings (SSSR count). The molecule has 1 unspecified atom stereocenters. The van der Waals surface area contributed by atoms with Crippen molar-refractivity contribution in [1.29, 1.82) is 0 Å². The maximum Gasteiger partial charge on any atom is 0.336 e. The van der Waals surface area contributed by atoms with Crippen molar-refractivity contribution in [2.75, 3.05) is 6.61 Å². The second-order valence-electron chi connectivity index (χ2n) is 8.75. The van der Waals surface area contributed by atoms with Crippen LogP contribution in [0.3, 0.4) is 0 Å². The Bertz CT molecular complexity index is 1340. The highest BCUT2D eigenvalue weighted by Crippen LogP contribution is 2.38. The maximum atomic E-state index is 13.3. The van der Waals surface area contributed by atoms with Crippen LogP contribution in [-0.2, 0) is 27.4 Å². The third kappa shape index (κ3) is 6.24. The van der Waals surface area contributed by atoms with Crippen LogP contribution < -0.4 is 5.32 Å². The van der Waals surface area contributed by atoms with E-state index in [9.17, 15) is 14.4 Å². The number of hydrogen-bond acceptors (Lipinski definition) is 5. The number of ether oxygens (including phenoxy) is 1. The Morgan fingerprint density at radius 3 is 2.57 bits per heavy atom. The normalized spacial score (nSPS) is 15.5. The largest absolute Gasteiger partial charge is 0.463 e. The van der Waals surface area contributed by atoms with Crippen LogP contribution in [0.4, 0.5) is 0 Å². The molecule has 1 aliphatic rings. The molecule has 37 heavy (non-hydrogen) atoms. The molecule has 0 saturated heterocycles. The molecule has 1 atom stereocenters. The third-order valence-corrected chi connectivity index (χ3v) is 6.54. The predicted octanol–water partition coefficient (Wildman–Crippen LogP) is 5.02. The molecule has 0 aliphatic carbocycles. The number of nitrogens with one attached hydrogen (secondary N) is 1. The van der Waals surface area contributed by atoms with Crippen LogP contribution >= 0.6 is 11.6 Å². The summed E-state index contributed by atoms with van der Waals surface area (Å²) in [5, 5.41) is 3.43. The molecular weight excluding hydrogens is 490 g/mol. The Morgan fingerprint density at radius 2 is 1.84 bits per heavy atom. The minimum Gasteiger partial charge on any atom is -0.463 e. The molecule has 0 radical (unpaired) electrons. The zero-order valence-electron chi connectivity index (χ0n) is 20.7. The number of aromatic nitrogens is 1. The van der Waals surface area contributed by atoms with Gasteiger partial charge in [0.25, 0.3) is 5.91 Å². The first-order chi connectivity index (χ1) is 17.9. The fourth-order valence-corrected chi connectivity index (χ4v) is 4.66. The fourth-order valence-electron chi connectivity index (χ4n) is 4.46. The number of hydrogen-bond donors (Lipinski definition) is 1. The molecule has 190 valence electrons. The van der Waals surface area contributed by atoms with E-state index in [0.29, 0.717) is 28.4 Å². The second kappa shape index (κ2) is 11.8. The highest BCUT2D eigenvalue weighted by atomic mass is 35.5. The summed E-state index contributed by atoms with van der Waals surface area (Å²) in [5.41, 5.74) is 3.96. The van der Waals surface area contributed by atoms with Crippen LogP contribution in [0.15, 0.2) is 84.3 Å². The molecule has 0 spiro atoms. The van der Waals surface area contributed by atoms with Crippen molar-refractivity contribution in [2.45, 2.75) is 39.3 Å². The minimum atomic E-state index is -0.452. The lowest BCUT2D eigenvalue weighted by Crippen LogP contribution is -2.38. The average molecular weight is 518 g/mol. The van der Waals surface area contributed by atoms with Crippen LogP contribution in [0, 0.1) is 0 Å². The summed E-state index contributed by atoms with van der Waals surface area (Å²) >= 11 is 6.20. The molecule has 2 heterocycles. The summed E-state index contributed by atoms with van der Waals surface area (Å²) in [4.78, 5) is 44.6. The smallest absolute Gasteiger partial charge is 0.336 e. The standard InChI is InChI=1S/C29H28ClN3O4/c1-3-37-29(36)27-19(2)33(26(34)16-25(27)22-7-5-9-24(30)15-22)18-21-6-4-8-23(14-21)28(35)32-17-20-10-12-31-13-11-20/h4-15,25H,3,16-18H2,1-2H3,(H,32,35). The average Bonchev–Trinajstić information content (AvgIpc) is 2.90. The van der Waals surface area contributed by atoms with Gasteiger partial charge in [-0.25, -0.2) is 4.79 Å². The van der Waals surface area contributed by atoms with Crippen molar-refractivity contribution in [3.63, 3.8) is 0 Å². The van der Waals surface area contributed by atoms with E-state index in [2.05, 4.69) is 10.3 Å². The number of amides is 2. The first-order valence-corrected chi connectivity index (χ1v) is 12.4. The number of nitrogens with zero attached hydrogens (tertiary/aromatic N) is 2. The van der Waals surface area contributed by atoms with Crippen LogP contribution in [0.5, 0.6) is 0 Å². The number of benzene rings is 2. The number of halogens is 1. The van der Waals surface area contributed by atoms with Gasteiger partial charge >= 0.3 is 5.97 Å². The Morgan fingerprint density at radius 1 is 1.08 bits per heavy atom. The molecule has 2 aromatic carbocycles. The van der Waals surface area contributed by atoms with Gasteiger partial charge in [-0.3, -0.25) is 14.6 Å². The zero-order valence-corrected chi connectivity index (χ0v) is 21.5. The number of allylic oxidation sites excluding steroid dienone is 1. The van der Waals surface area contributed by atoms with Gasteiger partial charge in [-0.2, -0.15) is 0 Å². The van der Waals surface area contributed by atoms with Gasteiger partial charge in [0, 0.05) is 47.6 Å². The number of pyridine rings is 1. The molecule has 1 N–H and O–H groups in total. The summed E-state index contributed by atoms with van der Waals surface area (Å²) in [6, 6.07) is 18.0. The van der Waals surface area contributed by atoms with Gasteiger partial charge < -0.3 is 15.0 Å². The van der Waals surface area contributed by atoms with Gasteiger partial charge in [0.15, 0.2) is 0 Å². The van der Waals surface area contributed by atoms with E-state index >= 15 is 0 Å². The Kier molecular flexibility index (Phi) is 8.36. The zero-order chi connectivity index (χ0) is 26.4. The topological polar surface area (TPSA) is 88.6 Å². The molecule has 2 amide bonds. The third-order valence-electron chi connectivity index (χ3n) is 6.30. The molecule has 0 fully saturated rings. The van der Waals surface area contributed by atoms with Crippen molar-refractivity contribution in [1.82, 2.24) is 15.2 Å². The first-order valence-electron chi connectivity index (χ1n) is 12.1. The molecule has 0 saturated carbocycles. The SMILES string of the molecule is CCOC(=O)C1=C(C)N(Cc2cccc(C(=O)NCc3ccncc3)c2)C(=O)CC1c1cccc(Cl)c1. The molecule has 3 aromatic rings. The van der Waals surface area contributed by atoms with Gasteiger partial charge in [-0.15, -0.1) is 0 Å². The van der Waals surface area contributed by atoms with Gasteiger partial charge in [-0.05, 0) is 66.9 Å². The van der Waals surface area contributed by atoms with E-state index in [1.807, 2.05) is 24.3 Å². The Labute approximate surface area is 221 Å². The maximum absolute atomic E-state index is 13.3. The summed E-state index contributed by atoms with van der Waals surface area (Å²) in [5.74, 6) is -1.24. The number of rotatable bonds is 8. The van der Waals surface area contributed by atoms with Gasteiger partial charge in [0.1, 0.15) is 0 Å². The summed E-state index contributed by atoms with van der Waals surface area (Å²) in [7, 11) is 0. The van der Waals surface area contributed by atoms with Crippen molar-refractivity contribution in [3.05, 3.63) is 112 Å². The van der Waals surface area contributed by atoms with Crippen LogP contribution in [-0.4, -0.2) is 34.3 Å². The number of carbonyl (C=O) groups excluding carboxylic acids is 3. The predicted molar refractivity (Wildman–Crippen MR) is 141 cm³/mol. The molecule has 1 aliphatic heterocycles. The lowest BCUT2D eigenvalue weighted by molar-refractivity contribution is -0.140. The minimum absolute atomic E-state index is 0.109. The van der Waals surface area contributed by atoms with Crippen LogP contribution in [0.1, 0.15) is 53.2 Å². The highest BCUT2D eigenvalue weighted by Gasteiger charge is 2.37. The monoisotopic (exact) mass is 517 g/mol. The summed E-state index contributed by atoms with van der Waals surface area (Å²) < 4.78 is 5.36. The lowest BCUT2D eigenvalue weighted by atomic mass is 9.83. The summed E-state index contributed by atoms with van der Waals surface area (Å²) in [6.45, 7) is 4.33. The molecule has 8 heteroatoms. The van der Waals surface area contributed by atoms with E-state index in [0.717, 1.165) is 16.7 Å².